The monoisotopic (exact) mass is 384 g/mol. The number of rotatable bonds is 8. The lowest BCUT2D eigenvalue weighted by atomic mass is 10.0. The second-order valence-corrected chi connectivity index (χ2v) is 6.76. The van der Waals surface area contributed by atoms with Gasteiger partial charge in [-0.2, -0.15) is 0 Å². The third-order valence-electron chi connectivity index (χ3n) is 4.01. The van der Waals surface area contributed by atoms with Crippen molar-refractivity contribution in [3.8, 4) is 5.75 Å². The number of carbonyl (C=O) groups is 3. The zero-order valence-electron chi connectivity index (χ0n) is 16.1. The summed E-state index contributed by atoms with van der Waals surface area (Å²) < 4.78 is 5.11. The van der Waals surface area contributed by atoms with E-state index in [1.54, 1.807) is 30.3 Å². The van der Waals surface area contributed by atoms with Gasteiger partial charge < -0.3 is 20.5 Å². The molecule has 0 aromatic heterocycles. The van der Waals surface area contributed by atoms with Crippen LogP contribution in [0.4, 0.5) is 5.69 Å². The van der Waals surface area contributed by atoms with Crippen molar-refractivity contribution in [1.29, 1.82) is 0 Å². The Morgan fingerprint density at radius 2 is 1.75 bits per heavy atom. The molecule has 0 bridgehead atoms. The molecule has 2 rings (SSSR count). The van der Waals surface area contributed by atoms with Gasteiger partial charge in [-0.1, -0.05) is 37.6 Å². The van der Waals surface area contributed by atoms with Gasteiger partial charge in [0.25, 0.3) is 5.91 Å². The number of aryl methyl sites for hydroxylation is 1. The van der Waals surface area contributed by atoms with Crippen LogP contribution < -0.4 is 15.4 Å². The summed E-state index contributed by atoms with van der Waals surface area (Å²) in [6.45, 7) is 5.14. The third kappa shape index (κ3) is 6.12. The summed E-state index contributed by atoms with van der Waals surface area (Å²) in [7, 11) is 0. The average molecular weight is 384 g/mol. The lowest BCUT2D eigenvalue weighted by Gasteiger charge is -2.22. The smallest absolute Gasteiger partial charge is 0.341 e. The molecule has 7 heteroatoms. The Morgan fingerprint density at radius 1 is 1.07 bits per heavy atom. The second kappa shape index (κ2) is 9.55. The molecule has 148 valence electrons. The van der Waals surface area contributed by atoms with Gasteiger partial charge in [0, 0.05) is 17.3 Å². The van der Waals surface area contributed by atoms with Crippen LogP contribution in [-0.4, -0.2) is 35.5 Å². The molecular formula is C21H24N2O5. The number of nitrogens with one attached hydrogen (secondary N) is 2. The Hall–Kier alpha value is -3.35. The first-order chi connectivity index (χ1) is 13.3. The maximum Gasteiger partial charge on any atom is 0.341 e. The molecule has 3 N–H and O–H groups in total. The summed E-state index contributed by atoms with van der Waals surface area (Å²) in [4.78, 5) is 35.8. The highest BCUT2D eigenvalue weighted by Gasteiger charge is 2.25. The molecule has 1 unspecified atom stereocenters. The van der Waals surface area contributed by atoms with Gasteiger partial charge >= 0.3 is 5.97 Å². The molecule has 7 nitrogen and oxygen atoms in total. The minimum Gasteiger partial charge on any atom is -0.482 e. The first kappa shape index (κ1) is 21.0. The number of hydrogen-bond donors (Lipinski definition) is 3. The van der Waals surface area contributed by atoms with Crippen LogP contribution in [0.2, 0.25) is 0 Å². The Labute approximate surface area is 163 Å². The van der Waals surface area contributed by atoms with Crippen molar-refractivity contribution in [3.05, 3.63) is 59.7 Å². The van der Waals surface area contributed by atoms with Gasteiger partial charge in [-0.05, 0) is 37.1 Å². The van der Waals surface area contributed by atoms with E-state index >= 15 is 0 Å². The lowest BCUT2D eigenvalue weighted by molar-refractivity contribution is -0.139. The van der Waals surface area contributed by atoms with Crippen LogP contribution in [0.25, 0.3) is 0 Å². The number of anilines is 1. The zero-order chi connectivity index (χ0) is 20.7. The van der Waals surface area contributed by atoms with E-state index in [4.69, 9.17) is 9.84 Å². The Balaban J connectivity index is 2.06. The molecule has 0 fully saturated rings. The molecule has 0 saturated carbocycles. The van der Waals surface area contributed by atoms with Crippen LogP contribution in [-0.2, 0) is 9.59 Å². The van der Waals surface area contributed by atoms with Crippen LogP contribution in [0.5, 0.6) is 5.75 Å². The largest absolute Gasteiger partial charge is 0.482 e. The highest BCUT2D eigenvalue weighted by molar-refractivity contribution is 6.01. The van der Waals surface area contributed by atoms with Gasteiger partial charge in [-0.3, -0.25) is 9.59 Å². The van der Waals surface area contributed by atoms with E-state index in [1.165, 1.54) is 6.07 Å². The number of benzene rings is 2. The van der Waals surface area contributed by atoms with E-state index in [0.29, 0.717) is 17.0 Å². The third-order valence-corrected chi connectivity index (χ3v) is 4.01. The van der Waals surface area contributed by atoms with Gasteiger partial charge in [0.1, 0.15) is 11.8 Å². The summed E-state index contributed by atoms with van der Waals surface area (Å²) in [5.74, 6) is -1.60. The molecule has 2 aromatic carbocycles. The number of carbonyl (C=O) groups excluding carboxylic acids is 2. The van der Waals surface area contributed by atoms with Gasteiger partial charge in [0.15, 0.2) is 6.61 Å². The summed E-state index contributed by atoms with van der Waals surface area (Å²) in [5, 5.41) is 14.2. The van der Waals surface area contributed by atoms with E-state index in [9.17, 15) is 14.4 Å². The Morgan fingerprint density at radius 3 is 2.36 bits per heavy atom. The van der Waals surface area contributed by atoms with Crippen molar-refractivity contribution < 1.29 is 24.2 Å². The minimum atomic E-state index is -1.09. The number of hydrogen-bond acceptors (Lipinski definition) is 4. The van der Waals surface area contributed by atoms with Gasteiger partial charge in [-0.15, -0.1) is 0 Å². The zero-order valence-corrected chi connectivity index (χ0v) is 16.1. The molecule has 1 atom stereocenters. The predicted octanol–water partition coefficient (Wildman–Crippen LogP) is 2.85. The number of ether oxygens (including phenoxy) is 1. The van der Waals surface area contributed by atoms with Gasteiger partial charge in [0.2, 0.25) is 5.91 Å². The molecule has 0 spiro atoms. The van der Waals surface area contributed by atoms with Crippen LogP contribution in [0.1, 0.15) is 29.8 Å². The normalized spacial score (nSPS) is 11.6. The van der Waals surface area contributed by atoms with Crippen LogP contribution >= 0.6 is 0 Å². The van der Waals surface area contributed by atoms with E-state index in [2.05, 4.69) is 10.6 Å². The quantitative estimate of drug-likeness (QED) is 0.649. The highest BCUT2D eigenvalue weighted by Crippen LogP contribution is 2.18. The van der Waals surface area contributed by atoms with Crippen LogP contribution in [0, 0.1) is 12.8 Å². The topological polar surface area (TPSA) is 105 Å². The molecule has 28 heavy (non-hydrogen) atoms. The molecule has 0 heterocycles. The summed E-state index contributed by atoms with van der Waals surface area (Å²) in [6, 6.07) is 12.8. The van der Waals surface area contributed by atoms with E-state index in [1.807, 2.05) is 32.9 Å². The molecule has 0 aliphatic heterocycles. The molecular weight excluding hydrogens is 360 g/mol. The molecule has 0 aliphatic rings. The fraction of sp³-hybridized carbons (Fsp3) is 0.286. The summed E-state index contributed by atoms with van der Waals surface area (Å²) >= 11 is 0. The first-order valence-corrected chi connectivity index (χ1v) is 8.89. The number of carboxylic acids is 1. The fourth-order valence-corrected chi connectivity index (χ4v) is 2.49. The van der Waals surface area contributed by atoms with Crippen molar-refractivity contribution in [2.75, 3.05) is 11.9 Å². The predicted molar refractivity (Wildman–Crippen MR) is 105 cm³/mol. The molecule has 2 amide bonds. The second-order valence-electron chi connectivity index (χ2n) is 6.76. The SMILES string of the molecule is Cc1ccc(C(=O)NC(C(=O)Nc2cccc(OCC(=O)O)c2)C(C)C)cc1. The van der Waals surface area contributed by atoms with Crippen molar-refractivity contribution in [2.24, 2.45) is 5.92 Å². The Kier molecular flexibility index (Phi) is 7.14. The van der Waals surface area contributed by atoms with Crippen molar-refractivity contribution >= 4 is 23.5 Å². The van der Waals surface area contributed by atoms with E-state index < -0.39 is 18.6 Å². The Bertz CT molecular complexity index is 846. The first-order valence-electron chi connectivity index (χ1n) is 8.89. The molecule has 0 aliphatic carbocycles. The van der Waals surface area contributed by atoms with Gasteiger partial charge in [-0.25, -0.2) is 4.79 Å². The minimum absolute atomic E-state index is 0.138. The van der Waals surface area contributed by atoms with E-state index in [-0.39, 0.29) is 17.7 Å². The fourth-order valence-electron chi connectivity index (χ4n) is 2.49. The highest BCUT2D eigenvalue weighted by atomic mass is 16.5. The molecule has 2 aromatic rings. The molecule has 0 saturated heterocycles. The van der Waals surface area contributed by atoms with E-state index in [0.717, 1.165) is 5.56 Å². The maximum absolute atomic E-state index is 12.7. The van der Waals surface area contributed by atoms with Crippen molar-refractivity contribution in [1.82, 2.24) is 5.32 Å². The number of carboxylic acid groups (broad SMARTS) is 1. The van der Waals surface area contributed by atoms with Crippen molar-refractivity contribution in [2.45, 2.75) is 26.8 Å². The summed E-state index contributed by atoms with van der Waals surface area (Å²) in [6.07, 6.45) is 0. The number of amides is 2. The average Bonchev–Trinajstić information content (AvgIpc) is 2.64. The lowest BCUT2D eigenvalue weighted by Crippen LogP contribution is -2.47. The molecule has 0 radical (unpaired) electrons. The maximum atomic E-state index is 12.7. The standard InChI is InChI=1S/C21H24N2O5/c1-13(2)19(23-20(26)15-9-7-14(3)8-10-15)21(27)22-16-5-4-6-17(11-16)28-12-18(24)25/h4-11,13,19H,12H2,1-3H3,(H,22,27)(H,23,26)(H,24,25). The summed E-state index contributed by atoms with van der Waals surface area (Å²) in [5.41, 5.74) is 1.97. The van der Waals surface area contributed by atoms with Gasteiger partial charge in [0.05, 0.1) is 0 Å². The van der Waals surface area contributed by atoms with Crippen LogP contribution in [0.15, 0.2) is 48.5 Å². The van der Waals surface area contributed by atoms with Crippen molar-refractivity contribution in [3.63, 3.8) is 0 Å². The van der Waals surface area contributed by atoms with Crippen LogP contribution in [0.3, 0.4) is 0 Å². The number of aliphatic carboxylic acids is 1.